The highest BCUT2D eigenvalue weighted by atomic mass is 19.1. The highest BCUT2D eigenvalue weighted by Crippen LogP contribution is 2.16. The number of fused-ring (bicyclic) bond motifs is 1. The summed E-state index contributed by atoms with van der Waals surface area (Å²) in [5.74, 6) is -0.450. The molecule has 13 heavy (non-hydrogen) atoms. The third kappa shape index (κ3) is 1.04. The van der Waals surface area contributed by atoms with Gasteiger partial charge in [-0.1, -0.05) is 5.21 Å². The molecule has 0 spiro atoms. The van der Waals surface area contributed by atoms with Crippen LogP contribution in [-0.4, -0.2) is 15.0 Å². The Labute approximate surface area is 73.2 Å². The van der Waals surface area contributed by atoms with E-state index < -0.39 is 5.82 Å². The summed E-state index contributed by atoms with van der Waals surface area (Å²) in [5, 5.41) is 16.1. The van der Waals surface area contributed by atoms with Gasteiger partial charge in [-0.15, -0.1) is 5.10 Å². The first-order valence-corrected chi connectivity index (χ1v) is 3.61. The van der Waals surface area contributed by atoms with E-state index in [-0.39, 0.29) is 5.56 Å². The molecule has 2 aromatic rings. The molecular weight excluding hydrogens is 171 g/mol. The Kier molecular flexibility index (Phi) is 1.49. The van der Waals surface area contributed by atoms with E-state index in [0.717, 1.165) is 6.07 Å². The summed E-state index contributed by atoms with van der Waals surface area (Å²) in [5.41, 5.74) is 1.17. The Morgan fingerprint density at radius 1 is 1.54 bits per heavy atom. The summed E-state index contributed by atoms with van der Waals surface area (Å²) < 4.78 is 14.4. The van der Waals surface area contributed by atoms with Gasteiger partial charge in [-0.2, -0.15) is 5.26 Å². The van der Waals surface area contributed by atoms with Gasteiger partial charge in [0.15, 0.2) is 0 Å². The van der Waals surface area contributed by atoms with E-state index in [0.29, 0.717) is 11.0 Å². The molecule has 0 N–H and O–H groups in total. The topological polar surface area (TPSA) is 54.5 Å². The smallest absolute Gasteiger partial charge is 0.131 e. The first kappa shape index (κ1) is 7.68. The quantitative estimate of drug-likeness (QED) is 0.601. The molecule has 64 valence electrons. The highest BCUT2D eigenvalue weighted by Gasteiger charge is 2.08. The van der Waals surface area contributed by atoms with Crippen LogP contribution in [0.4, 0.5) is 4.39 Å². The largest absolute Gasteiger partial charge is 0.248 e. The summed E-state index contributed by atoms with van der Waals surface area (Å²) in [4.78, 5) is 0. The monoisotopic (exact) mass is 176 g/mol. The van der Waals surface area contributed by atoms with Crippen LogP contribution in [0.5, 0.6) is 0 Å². The zero-order valence-corrected chi connectivity index (χ0v) is 6.82. The number of hydrogen-bond donors (Lipinski definition) is 0. The van der Waals surface area contributed by atoms with E-state index in [1.807, 2.05) is 6.07 Å². The molecule has 2 rings (SSSR count). The second kappa shape index (κ2) is 2.52. The number of aromatic nitrogens is 3. The molecule has 1 heterocycles. The molecule has 0 fully saturated rings. The van der Waals surface area contributed by atoms with Gasteiger partial charge in [0.2, 0.25) is 0 Å². The van der Waals surface area contributed by atoms with Crippen molar-refractivity contribution in [1.82, 2.24) is 15.0 Å². The van der Waals surface area contributed by atoms with Crippen LogP contribution < -0.4 is 0 Å². The number of nitrogens with zero attached hydrogens (tertiary/aromatic N) is 4. The van der Waals surface area contributed by atoms with E-state index in [9.17, 15) is 4.39 Å². The van der Waals surface area contributed by atoms with Crippen LogP contribution in [0.3, 0.4) is 0 Å². The number of nitriles is 1. The van der Waals surface area contributed by atoms with Crippen molar-refractivity contribution in [2.24, 2.45) is 7.05 Å². The second-order valence-electron chi connectivity index (χ2n) is 2.65. The van der Waals surface area contributed by atoms with Crippen molar-refractivity contribution in [1.29, 1.82) is 5.26 Å². The van der Waals surface area contributed by atoms with Crippen molar-refractivity contribution in [3.05, 3.63) is 23.5 Å². The normalized spacial score (nSPS) is 10.2. The summed E-state index contributed by atoms with van der Waals surface area (Å²) in [6, 6.07) is 4.32. The molecule has 1 aromatic heterocycles. The molecule has 0 aliphatic carbocycles. The number of rotatable bonds is 0. The van der Waals surface area contributed by atoms with Crippen LogP contribution in [0.25, 0.3) is 11.0 Å². The van der Waals surface area contributed by atoms with Crippen molar-refractivity contribution >= 4 is 11.0 Å². The van der Waals surface area contributed by atoms with E-state index in [2.05, 4.69) is 10.3 Å². The second-order valence-corrected chi connectivity index (χ2v) is 2.65. The molecule has 0 bridgehead atoms. The third-order valence-electron chi connectivity index (χ3n) is 1.80. The standard InChI is InChI=1S/C8H5FN4/c1-13-7-3-6(9)2-5(4-10)8(7)11-12-13/h2-3H,1H3. The van der Waals surface area contributed by atoms with Crippen molar-refractivity contribution in [3.63, 3.8) is 0 Å². The summed E-state index contributed by atoms with van der Waals surface area (Å²) >= 11 is 0. The van der Waals surface area contributed by atoms with Crippen LogP contribution in [0.2, 0.25) is 0 Å². The van der Waals surface area contributed by atoms with Crippen molar-refractivity contribution in [2.75, 3.05) is 0 Å². The van der Waals surface area contributed by atoms with Gasteiger partial charge in [-0.3, -0.25) is 0 Å². The molecule has 4 nitrogen and oxygen atoms in total. The van der Waals surface area contributed by atoms with Gasteiger partial charge in [0.05, 0.1) is 11.1 Å². The Balaban J connectivity index is 2.94. The maximum Gasteiger partial charge on any atom is 0.131 e. The predicted octanol–water partition coefficient (Wildman–Crippen LogP) is 0.979. The maximum atomic E-state index is 12.9. The van der Waals surface area contributed by atoms with Gasteiger partial charge in [-0.05, 0) is 6.07 Å². The Morgan fingerprint density at radius 2 is 2.31 bits per heavy atom. The average molecular weight is 176 g/mol. The van der Waals surface area contributed by atoms with Crippen LogP contribution >= 0.6 is 0 Å². The van der Waals surface area contributed by atoms with Gasteiger partial charge in [-0.25, -0.2) is 9.07 Å². The summed E-state index contributed by atoms with van der Waals surface area (Å²) in [6.45, 7) is 0. The molecule has 0 saturated carbocycles. The lowest BCUT2D eigenvalue weighted by Gasteiger charge is -1.93. The minimum absolute atomic E-state index is 0.211. The summed E-state index contributed by atoms with van der Waals surface area (Å²) in [7, 11) is 1.65. The molecule has 1 aromatic carbocycles. The van der Waals surface area contributed by atoms with Crippen molar-refractivity contribution in [2.45, 2.75) is 0 Å². The molecular formula is C8H5FN4. The van der Waals surface area contributed by atoms with Gasteiger partial charge < -0.3 is 0 Å². The fourth-order valence-electron chi connectivity index (χ4n) is 1.18. The first-order valence-electron chi connectivity index (χ1n) is 3.61. The fraction of sp³-hybridized carbons (Fsp3) is 0.125. The average Bonchev–Trinajstić information content (AvgIpc) is 2.47. The van der Waals surface area contributed by atoms with Crippen molar-refractivity contribution < 1.29 is 4.39 Å². The lowest BCUT2D eigenvalue weighted by atomic mass is 10.2. The maximum absolute atomic E-state index is 12.9. The number of hydrogen-bond acceptors (Lipinski definition) is 3. The SMILES string of the molecule is Cn1nnc2c(C#N)cc(F)cc21. The highest BCUT2D eigenvalue weighted by molar-refractivity contribution is 5.80. The Morgan fingerprint density at radius 3 is 3.00 bits per heavy atom. The minimum atomic E-state index is -0.450. The molecule has 0 atom stereocenters. The van der Waals surface area contributed by atoms with E-state index >= 15 is 0 Å². The van der Waals surface area contributed by atoms with Crippen LogP contribution in [0, 0.1) is 17.1 Å². The molecule has 0 aliphatic rings. The third-order valence-corrected chi connectivity index (χ3v) is 1.80. The molecule has 0 unspecified atom stereocenters. The Bertz CT molecular complexity index is 509. The Hall–Kier alpha value is -1.96. The molecule has 0 amide bonds. The predicted molar refractivity (Wildman–Crippen MR) is 43.2 cm³/mol. The van der Waals surface area contributed by atoms with Gasteiger partial charge in [0.1, 0.15) is 17.4 Å². The lowest BCUT2D eigenvalue weighted by Crippen LogP contribution is -1.90. The van der Waals surface area contributed by atoms with Crippen LogP contribution in [0.1, 0.15) is 5.56 Å². The van der Waals surface area contributed by atoms with Gasteiger partial charge in [0.25, 0.3) is 0 Å². The fourth-order valence-corrected chi connectivity index (χ4v) is 1.18. The number of halogens is 1. The molecule has 0 radical (unpaired) electrons. The van der Waals surface area contributed by atoms with E-state index in [1.54, 1.807) is 7.05 Å². The van der Waals surface area contributed by atoms with Crippen LogP contribution in [0.15, 0.2) is 12.1 Å². The first-order chi connectivity index (χ1) is 6.22. The van der Waals surface area contributed by atoms with E-state index in [4.69, 9.17) is 5.26 Å². The van der Waals surface area contributed by atoms with E-state index in [1.165, 1.54) is 10.7 Å². The zero-order chi connectivity index (χ0) is 9.42. The molecule has 5 heteroatoms. The van der Waals surface area contributed by atoms with Crippen molar-refractivity contribution in [3.8, 4) is 6.07 Å². The lowest BCUT2D eigenvalue weighted by molar-refractivity contribution is 0.627. The van der Waals surface area contributed by atoms with Crippen LogP contribution in [-0.2, 0) is 7.05 Å². The number of benzene rings is 1. The zero-order valence-electron chi connectivity index (χ0n) is 6.82. The summed E-state index contributed by atoms with van der Waals surface area (Å²) in [6.07, 6.45) is 0. The number of aryl methyl sites for hydroxylation is 1. The van der Waals surface area contributed by atoms with Gasteiger partial charge in [0, 0.05) is 13.1 Å². The minimum Gasteiger partial charge on any atom is -0.248 e. The molecule has 0 saturated heterocycles. The molecule has 0 aliphatic heterocycles. The van der Waals surface area contributed by atoms with Gasteiger partial charge >= 0.3 is 0 Å².